The van der Waals surface area contributed by atoms with Gasteiger partial charge in [0.15, 0.2) is 0 Å². The molecule has 0 atom stereocenters. The zero-order valence-corrected chi connectivity index (χ0v) is 14.2. The Hall–Kier alpha value is -0.560. The van der Waals surface area contributed by atoms with Crippen molar-refractivity contribution in [2.24, 2.45) is 0 Å². The molecule has 0 N–H and O–H groups in total. The van der Waals surface area contributed by atoms with Gasteiger partial charge in [0.05, 0.1) is 6.26 Å². The molecule has 0 bridgehead atoms. The molecule has 118 valence electrons. The lowest BCUT2D eigenvalue weighted by Gasteiger charge is -2.25. The van der Waals surface area contributed by atoms with Crippen LogP contribution in [-0.2, 0) is 16.6 Å². The maximum Gasteiger partial charge on any atom is 0.211 e. The van der Waals surface area contributed by atoms with Gasteiger partial charge in [-0.3, -0.25) is 0 Å². The fraction of sp³-hybridized carbons (Fsp3) is 0.600. The summed E-state index contributed by atoms with van der Waals surface area (Å²) in [5.41, 5.74) is 1.04. The number of thioether (sulfide) groups is 1. The molecule has 0 unspecified atom stereocenters. The molecule has 1 aliphatic rings. The van der Waals surface area contributed by atoms with Gasteiger partial charge in [0, 0.05) is 31.9 Å². The Bertz CT molecular complexity index is 512. The average Bonchev–Trinajstić information content (AvgIpc) is 2.72. The van der Waals surface area contributed by atoms with Crippen molar-refractivity contribution in [1.82, 2.24) is 9.21 Å². The first kappa shape index (κ1) is 16.8. The van der Waals surface area contributed by atoms with Crippen molar-refractivity contribution in [3.63, 3.8) is 0 Å². The fourth-order valence-corrected chi connectivity index (χ4v) is 4.15. The van der Waals surface area contributed by atoms with E-state index in [1.807, 2.05) is 42.1 Å². The van der Waals surface area contributed by atoms with Gasteiger partial charge in [-0.25, -0.2) is 8.42 Å². The Morgan fingerprint density at radius 3 is 2.67 bits per heavy atom. The summed E-state index contributed by atoms with van der Waals surface area (Å²) >= 11 is 1.99. The quantitative estimate of drug-likeness (QED) is 0.799. The number of hydrogen-bond acceptors (Lipinski definition) is 4. The zero-order valence-electron chi connectivity index (χ0n) is 12.6. The van der Waals surface area contributed by atoms with Gasteiger partial charge >= 0.3 is 0 Å². The molecule has 1 saturated heterocycles. The van der Waals surface area contributed by atoms with Crippen molar-refractivity contribution in [1.29, 1.82) is 0 Å². The highest BCUT2D eigenvalue weighted by atomic mass is 32.2. The summed E-state index contributed by atoms with van der Waals surface area (Å²) in [6, 6.07) is 9.79. The van der Waals surface area contributed by atoms with Gasteiger partial charge in [-0.05, 0) is 24.3 Å². The molecule has 0 amide bonds. The molecule has 2 rings (SSSR count). The van der Waals surface area contributed by atoms with E-state index in [1.54, 1.807) is 4.31 Å². The SMILES string of the molecule is CS(=O)(=O)N(CCN1CCCSCC1)Cc1ccccc1. The van der Waals surface area contributed by atoms with Crippen LogP contribution < -0.4 is 0 Å². The minimum atomic E-state index is -3.17. The average molecular weight is 329 g/mol. The third-order valence-electron chi connectivity index (χ3n) is 3.65. The highest BCUT2D eigenvalue weighted by Crippen LogP contribution is 2.12. The van der Waals surface area contributed by atoms with E-state index >= 15 is 0 Å². The fourth-order valence-electron chi connectivity index (χ4n) is 2.42. The van der Waals surface area contributed by atoms with E-state index in [0.29, 0.717) is 13.1 Å². The van der Waals surface area contributed by atoms with Gasteiger partial charge in [-0.15, -0.1) is 0 Å². The van der Waals surface area contributed by atoms with Crippen LogP contribution in [0.2, 0.25) is 0 Å². The third-order valence-corrected chi connectivity index (χ3v) is 5.95. The minimum absolute atomic E-state index is 0.461. The van der Waals surface area contributed by atoms with Gasteiger partial charge in [0.25, 0.3) is 0 Å². The normalized spacial score (nSPS) is 17.8. The molecule has 0 aromatic heterocycles. The van der Waals surface area contributed by atoms with E-state index in [-0.39, 0.29) is 0 Å². The first-order valence-electron chi connectivity index (χ1n) is 7.35. The highest BCUT2D eigenvalue weighted by Gasteiger charge is 2.18. The second kappa shape index (κ2) is 8.17. The molecule has 1 aliphatic heterocycles. The van der Waals surface area contributed by atoms with Crippen LogP contribution in [0.5, 0.6) is 0 Å². The van der Waals surface area contributed by atoms with E-state index in [0.717, 1.165) is 31.0 Å². The molecule has 0 spiro atoms. The molecule has 0 saturated carbocycles. The minimum Gasteiger partial charge on any atom is -0.301 e. The Morgan fingerprint density at radius 1 is 1.19 bits per heavy atom. The van der Waals surface area contributed by atoms with Crippen LogP contribution >= 0.6 is 11.8 Å². The van der Waals surface area contributed by atoms with Crippen LogP contribution in [0.4, 0.5) is 0 Å². The summed E-state index contributed by atoms with van der Waals surface area (Å²) < 4.78 is 25.5. The van der Waals surface area contributed by atoms with Gasteiger partial charge in [0.1, 0.15) is 0 Å². The van der Waals surface area contributed by atoms with Crippen LogP contribution in [0.25, 0.3) is 0 Å². The summed E-state index contributed by atoms with van der Waals surface area (Å²) in [5.74, 6) is 2.37. The summed E-state index contributed by atoms with van der Waals surface area (Å²) in [7, 11) is -3.17. The van der Waals surface area contributed by atoms with Crippen LogP contribution in [0.1, 0.15) is 12.0 Å². The number of rotatable bonds is 6. The second-order valence-corrected chi connectivity index (χ2v) is 8.60. The van der Waals surface area contributed by atoms with Crippen molar-refractivity contribution >= 4 is 21.8 Å². The Labute approximate surface area is 132 Å². The summed E-state index contributed by atoms with van der Waals surface area (Å²) in [5, 5.41) is 0. The largest absolute Gasteiger partial charge is 0.301 e. The zero-order chi connectivity index (χ0) is 15.1. The van der Waals surface area contributed by atoms with Crippen molar-refractivity contribution in [2.75, 3.05) is 43.9 Å². The van der Waals surface area contributed by atoms with Crippen molar-refractivity contribution in [3.8, 4) is 0 Å². The lowest BCUT2D eigenvalue weighted by atomic mass is 10.2. The monoisotopic (exact) mass is 328 g/mol. The molecule has 1 aromatic rings. The number of nitrogens with zero attached hydrogens (tertiary/aromatic N) is 2. The van der Waals surface area contributed by atoms with Crippen LogP contribution in [0, 0.1) is 0 Å². The molecule has 21 heavy (non-hydrogen) atoms. The summed E-state index contributed by atoms with van der Waals surface area (Å²) in [6.07, 6.45) is 2.50. The van der Waals surface area contributed by atoms with E-state index in [2.05, 4.69) is 4.90 Å². The number of hydrogen-bond donors (Lipinski definition) is 0. The van der Waals surface area contributed by atoms with Gasteiger partial charge in [-0.2, -0.15) is 16.1 Å². The first-order chi connectivity index (χ1) is 10.1. The van der Waals surface area contributed by atoms with E-state index in [9.17, 15) is 8.42 Å². The maximum atomic E-state index is 12.0. The maximum absolute atomic E-state index is 12.0. The molecular weight excluding hydrogens is 304 g/mol. The Morgan fingerprint density at radius 2 is 1.95 bits per heavy atom. The second-order valence-electron chi connectivity index (χ2n) is 5.39. The molecule has 0 radical (unpaired) electrons. The van der Waals surface area contributed by atoms with Gasteiger partial charge in [-0.1, -0.05) is 30.3 Å². The molecule has 0 aliphatic carbocycles. The van der Waals surface area contributed by atoms with Gasteiger partial charge < -0.3 is 4.90 Å². The molecule has 1 fully saturated rings. The number of benzene rings is 1. The topological polar surface area (TPSA) is 40.6 Å². The lowest BCUT2D eigenvalue weighted by Crippen LogP contribution is -2.38. The standard InChI is InChI=1S/C15H24N2O2S2/c1-21(18,19)17(14-15-6-3-2-4-7-15)10-9-16-8-5-12-20-13-11-16/h2-4,6-7H,5,8-14H2,1H3. The third kappa shape index (κ3) is 5.98. The van der Waals surface area contributed by atoms with E-state index < -0.39 is 10.0 Å². The molecule has 1 heterocycles. The summed E-state index contributed by atoms with van der Waals surface area (Å²) in [4.78, 5) is 2.38. The predicted octanol–water partition coefficient (Wildman–Crippen LogP) is 1.89. The smallest absolute Gasteiger partial charge is 0.211 e. The number of sulfonamides is 1. The van der Waals surface area contributed by atoms with Crippen molar-refractivity contribution < 1.29 is 8.42 Å². The van der Waals surface area contributed by atoms with Crippen molar-refractivity contribution in [2.45, 2.75) is 13.0 Å². The van der Waals surface area contributed by atoms with E-state index in [4.69, 9.17) is 0 Å². The van der Waals surface area contributed by atoms with Gasteiger partial charge in [0.2, 0.25) is 10.0 Å². The van der Waals surface area contributed by atoms with Crippen LogP contribution in [0.3, 0.4) is 0 Å². The lowest BCUT2D eigenvalue weighted by molar-refractivity contribution is 0.263. The molecular formula is C15H24N2O2S2. The molecule has 4 nitrogen and oxygen atoms in total. The Balaban J connectivity index is 1.93. The molecule has 1 aromatic carbocycles. The first-order valence-corrected chi connectivity index (χ1v) is 10.3. The predicted molar refractivity (Wildman–Crippen MR) is 90.1 cm³/mol. The van der Waals surface area contributed by atoms with Crippen molar-refractivity contribution in [3.05, 3.63) is 35.9 Å². The van der Waals surface area contributed by atoms with E-state index in [1.165, 1.54) is 18.4 Å². The summed E-state index contributed by atoms with van der Waals surface area (Å²) in [6.45, 7) is 3.99. The van der Waals surface area contributed by atoms with Crippen LogP contribution in [-0.4, -0.2) is 61.6 Å². The highest BCUT2D eigenvalue weighted by molar-refractivity contribution is 7.99. The molecule has 6 heteroatoms. The van der Waals surface area contributed by atoms with Crippen LogP contribution in [0.15, 0.2) is 30.3 Å². The Kier molecular flexibility index (Phi) is 6.54.